The smallest absolute Gasteiger partial charge is 0.426 e. The molecule has 1 unspecified atom stereocenters. The van der Waals surface area contributed by atoms with Gasteiger partial charge in [-0.1, -0.05) is 47.6 Å². The van der Waals surface area contributed by atoms with Crippen LogP contribution in [0, 0.1) is 0 Å². The van der Waals surface area contributed by atoms with E-state index in [2.05, 4.69) is 34.7 Å². The highest BCUT2D eigenvalue weighted by molar-refractivity contribution is 6.41. The van der Waals surface area contributed by atoms with Crippen LogP contribution in [0.3, 0.4) is 0 Å². The first-order chi connectivity index (χ1) is 11.1. The summed E-state index contributed by atoms with van der Waals surface area (Å²) < 4.78 is 0. The second kappa shape index (κ2) is 6.81. The fourth-order valence-corrected chi connectivity index (χ4v) is 2.56. The van der Waals surface area contributed by atoms with Crippen LogP contribution in [0.1, 0.15) is 12.0 Å². The normalized spacial score (nSPS) is 16.8. The minimum absolute atomic E-state index is 0.224. The van der Waals surface area contributed by atoms with Crippen LogP contribution in [0.25, 0.3) is 10.8 Å². The first-order valence-electron chi connectivity index (χ1n) is 7.45. The maximum atomic E-state index is 11.8. The molecular weight excluding hydrogens is 295 g/mol. The number of nitrogens with one attached hydrogen (secondary N) is 1. The third-order valence-electron chi connectivity index (χ3n) is 3.70. The van der Waals surface area contributed by atoms with Crippen LogP contribution in [0.4, 0.5) is 0 Å². The average molecular weight is 312 g/mol. The summed E-state index contributed by atoms with van der Waals surface area (Å²) in [4.78, 5) is 16.9. The molecule has 0 bridgehead atoms. The number of oxime groups is 1. The Hall–Kier alpha value is -2.38. The number of carbonyl (C=O) groups excluding carboxylic acids is 1. The number of benzene rings is 2. The summed E-state index contributed by atoms with van der Waals surface area (Å²) in [6.45, 7) is 0. The average Bonchev–Trinajstić information content (AvgIpc) is 3.01. The van der Waals surface area contributed by atoms with Crippen molar-refractivity contribution in [1.29, 1.82) is 0 Å². The topological polar surface area (TPSA) is 91.2 Å². The van der Waals surface area contributed by atoms with Crippen LogP contribution in [-0.4, -0.2) is 41.3 Å². The van der Waals surface area contributed by atoms with Gasteiger partial charge in [0, 0.05) is 12.8 Å². The molecule has 2 aromatic rings. The summed E-state index contributed by atoms with van der Waals surface area (Å²) in [5.74, 6) is -0.393. The molecule has 0 fully saturated rings. The maximum absolute atomic E-state index is 11.8. The van der Waals surface area contributed by atoms with E-state index >= 15 is 0 Å². The lowest BCUT2D eigenvalue weighted by molar-refractivity contribution is -0.130. The molecule has 1 atom stereocenters. The van der Waals surface area contributed by atoms with Gasteiger partial charge in [0.2, 0.25) is 6.10 Å². The fourth-order valence-electron chi connectivity index (χ4n) is 2.56. The summed E-state index contributed by atoms with van der Waals surface area (Å²) >= 11 is 0. The second-order valence-electron chi connectivity index (χ2n) is 5.54. The van der Waals surface area contributed by atoms with Gasteiger partial charge >= 0.3 is 7.12 Å². The lowest BCUT2D eigenvalue weighted by Crippen LogP contribution is -2.41. The van der Waals surface area contributed by atoms with E-state index in [0.29, 0.717) is 12.8 Å². The van der Waals surface area contributed by atoms with Gasteiger partial charge in [-0.15, -0.1) is 0 Å². The molecule has 1 amide bonds. The lowest BCUT2D eigenvalue weighted by atomic mass is 9.92. The predicted octanol–water partition coefficient (Wildman–Crippen LogP) is 0.655. The van der Waals surface area contributed by atoms with E-state index in [1.807, 2.05) is 18.2 Å². The number of rotatable bonds is 5. The van der Waals surface area contributed by atoms with E-state index in [1.165, 1.54) is 5.39 Å². The number of nitrogens with zero attached hydrogens (tertiary/aromatic N) is 1. The molecule has 23 heavy (non-hydrogen) atoms. The number of fused-ring (bicyclic) bond motifs is 1. The van der Waals surface area contributed by atoms with E-state index in [4.69, 9.17) is 14.9 Å². The van der Waals surface area contributed by atoms with Crippen molar-refractivity contribution < 1.29 is 19.7 Å². The molecule has 1 aliphatic rings. The van der Waals surface area contributed by atoms with Gasteiger partial charge in [0.15, 0.2) is 0 Å². The third-order valence-corrected chi connectivity index (χ3v) is 3.70. The molecule has 0 saturated carbocycles. The van der Waals surface area contributed by atoms with Crippen molar-refractivity contribution in [3.63, 3.8) is 0 Å². The van der Waals surface area contributed by atoms with Crippen LogP contribution in [0.2, 0.25) is 0 Å². The van der Waals surface area contributed by atoms with Crippen LogP contribution in [0.15, 0.2) is 47.6 Å². The van der Waals surface area contributed by atoms with Crippen LogP contribution in [-0.2, 0) is 16.1 Å². The summed E-state index contributed by atoms with van der Waals surface area (Å²) in [7, 11) is -1.57. The molecule has 2 aromatic carbocycles. The Morgan fingerprint density at radius 3 is 2.83 bits per heavy atom. The monoisotopic (exact) mass is 312 g/mol. The molecule has 0 radical (unpaired) electrons. The van der Waals surface area contributed by atoms with Crippen molar-refractivity contribution in [2.24, 2.45) is 5.16 Å². The number of amides is 1. The number of hydrogen-bond acceptors (Lipinski definition) is 5. The van der Waals surface area contributed by atoms with Gasteiger partial charge < -0.3 is 20.2 Å². The Labute approximate surface area is 133 Å². The molecule has 3 N–H and O–H groups in total. The quantitative estimate of drug-likeness (QED) is 0.707. The van der Waals surface area contributed by atoms with Gasteiger partial charge in [-0.05, 0) is 16.3 Å². The number of carbonyl (C=O) groups is 1. The Bertz CT molecular complexity index is 748. The molecule has 1 heterocycles. The van der Waals surface area contributed by atoms with Gasteiger partial charge in [0.05, 0.1) is 12.2 Å². The van der Waals surface area contributed by atoms with E-state index < -0.39 is 19.1 Å². The minimum Gasteiger partial charge on any atom is -0.426 e. The summed E-state index contributed by atoms with van der Waals surface area (Å²) in [6.07, 6.45) is 0.0973. The highest BCUT2D eigenvalue weighted by Gasteiger charge is 2.28. The molecule has 0 aromatic heterocycles. The van der Waals surface area contributed by atoms with Crippen molar-refractivity contribution in [2.45, 2.75) is 18.9 Å². The molecule has 0 spiro atoms. The molecule has 6 nitrogen and oxygen atoms in total. The van der Waals surface area contributed by atoms with E-state index in [-0.39, 0.29) is 6.44 Å². The van der Waals surface area contributed by atoms with E-state index in [1.54, 1.807) is 0 Å². The van der Waals surface area contributed by atoms with Crippen LogP contribution in [0.5, 0.6) is 0 Å². The standard InChI is InChI=1S/C16H17BN2O4/c20-16(18-10-17(21)22)15-9-14(19-23-15)8-11-5-6-12-3-1-2-4-13(12)7-11/h1-7,15,21-22H,8-10H2,(H,18,20). The molecule has 118 valence electrons. The summed E-state index contributed by atoms with van der Waals surface area (Å²) in [5, 5.41) is 26.2. The van der Waals surface area contributed by atoms with Crippen LogP contribution >= 0.6 is 0 Å². The zero-order chi connectivity index (χ0) is 16.2. The Morgan fingerprint density at radius 1 is 1.26 bits per heavy atom. The Balaban J connectivity index is 1.59. The SMILES string of the molecule is O=C(NCB(O)O)C1CC(Cc2ccc3ccccc3c2)=NO1. The molecule has 7 heteroatoms. The number of hydrogen-bond donors (Lipinski definition) is 3. The first-order valence-corrected chi connectivity index (χ1v) is 7.45. The van der Waals surface area contributed by atoms with Crippen LogP contribution < -0.4 is 5.32 Å². The van der Waals surface area contributed by atoms with Gasteiger partial charge in [-0.25, -0.2) is 0 Å². The summed E-state index contributed by atoms with van der Waals surface area (Å²) in [5.41, 5.74) is 1.91. The zero-order valence-electron chi connectivity index (χ0n) is 12.5. The molecule has 0 aliphatic carbocycles. The minimum atomic E-state index is -1.57. The largest absolute Gasteiger partial charge is 0.472 e. The lowest BCUT2D eigenvalue weighted by Gasteiger charge is -2.08. The first kappa shape index (κ1) is 15.5. The highest BCUT2D eigenvalue weighted by atomic mass is 16.6. The van der Waals surface area contributed by atoms with Crippen molar-refractivity contribution in [1.82, 2.24) is 5.32 Å². The van der Waals surface area contributed by atoms with Gasteiger partial charge in [0.1, 0.15) is 0 Å². The van der Waals surface area contributed by atoms with Crippen molar-refractivity contribution in [2.75, 3.05) is 6.44 Å². The van der Waals surface area contributed by atoms with E-state index in [0.717, 1.165) is 16.7 Å². The Morgan fingerprint density at radius 2 is 2.04 bits per heavy atom. The van der Waals surface area contributed by atoms with E-state index in [9.17, 15) is 4.79 Å². The van der Waals surface area contributed by atoms with Gasteiger partial charge in [0.25, 0.3) is 5.91 Å². The highest BCUT2D eigenvalue weighted by Crippen LogP contribution is 2.19. The van der Waals surface area contributed by atoms with Crippen molar-refractivity contribution >= 4 is 29.5 Å². The summed E-state index contributed by atoms with van der Waals surface area (Å²) in [6, 6.07) is 14.3. The maximum Gasteiger partial charge on any atom is 0.472 e. The third kappa shape index (κ3) is 3.88. The molecular formula is C16H17BN2O4. The predicted molar refractivity (Wildman–Crippen MR) is 87.8 cm³/mol. The van der Waals surface area contributed by atoms with Crippen molar-refractivity contribution in [3.8, 4) is 0 Å². The van der Waals surface area contributed by atoms with Crippen molar-refractivity contribution in [3.05, 3.63) is 48.0 Å². The molecule has 1 aliphatic heterocycles. The Kier molecular flexibility index (Phi) is 4.59. The molecule has 3 rings (SSSR count). The second-order valence-corrected chi connectivity index (χ2v) is 5.54. The fraction of sp³-hybridized carbons (Fsp3) is 0.250. The zero-order valence-corrected chi connectivity index (χ0v) is 12.5. The van der Waals surface area contributed by atoms with Gasteiger partial charge in [-0.2, -0.15) is 0 Å². The van der Waals surface area contributed by atoms with Gasteiger partial charge in [-0.3, -0.25) is 4.79 Å². The molecule has 0 saturated heterocycles.